The number of carbonyl (C=O) groups is 2. The van der Waals surface area contributed by atoms with Crippen LogP contribution in [0.5, 0.6) is 0 Å². The van der Waals surface area contributed by atoms with Crippen molar-refractivity contribution in [1.82, 2.24) is 9.80 Å². The number of likely N-dealkylation sites (tertiary alicyclic amines) is 2. The molecular formula is C15H26N2O2. The van der Waals surface area contributed by atoms with Gasteiger partial charge in [0.05, 0.1) is 0 Å². The summed E-state index contributed by atoms with van der Waals surface area (Å²) in [5, 5.41) is 0. The molecule has 2 unspecified atom stereocenters. The van der Waals surface area contributed by atoms with Crippen molar-refractivity contribution in [3.8, 4) is 0 Å². The van der Waals surface area contributed by atoms with Crippen molar-refractivity contribution in [2.24, 2.45) is 17.8 Å². The van der Waals surface area contributed by atoms with Gasteiger partial charge < -0.3 is 9.80 Å². The molecule has 2 rings (SSSR count). The Hall–Kier alpha value is -1.06. The molecule has 0 aliphatic carbocycles. The second kappa shape index (κ2) is 5.93. The summed E-state index contributed by atoms with van der Waals surface area (Å²) >= 11 is 0. The minimum Gasteiger partial charge on any atom is -0.343 e. The van der Waals surface area contributed by atoms with E-state index < -0.39 is 0 Å². The molecule has 2 fully saturated rings. The van der Waals surface area contributed by atoms with E-state index in [1.54, 1.807) is 6.92 Å². The van der Waals surface area contributed by atoms with Crippen LogP contribution in [-0.4, -0.2) is 47.8 Å². The molecule has 4 heteroatoms. The highest BCUT2D eigenvalue weighted by molar-refractivity contribution is 5.80. The second-order valence-electron chi connectivity index (χ2n) is 6.47. The van der Waals surface area contributed by atoms with E-state index in [-0.39, 0.29) is 11.8 Å². The Morgan fingerprint density at radius 1 is 0.947 bits per heavy atom. The van der Waals surface area contributed by atoms with Crippen LogP contribution < -0.4 is 0 Å². The highest BCUT2D eigenvalue weighted by Crippen LogP contribution is 2.25. The number of hydrogen-bond acceptors (Lipinski definition) is 2. The quantitative estimate of drug-likeness (QED) is 0.725. The van der Waals surface area contributed by atoms with Crippen LogP contribution >= 0.6 is 0 Å². The van der Waals surface area contributed by atoms with Crippen LogP contribution in [-0.2, 0) is 9.59 Å². The van der Waals surface area contributed by atoms with Crippen molar-refractivity contribution in [2.75, 3.05) is 26.2 Å². The lowest BCUT2D eigenvalue weighted by Gasteiger charge is -2.39. The molecule has 0 aromatic rings. The van der Waals surface area contributed by atoms with Crippen LogP contribution in [0.25, 0.3) is 0 Å². The fourth-order valence-electron chi connectivity index (χ4n) is 3.54. The molecule has 2 aliphatic heterocycles. The van der Waals surface area contributed by atoms with E-state index in [9.17, 15) is 9.59 Å². The summed E-state index contributed by atoms with van der Waals surface area (Å²) in [6.07, 6.45) is 2.89. The van der Waals surface area contributed by atoms with E-state index in [2.05, 4.69) is 18.7 Å². The standard InChI is InChI=1S/C15H26N2O2/c1-11-8-12(2)10-17(9-11)15(19)14-4-6-16(7-5-14)13(3)18/h11-12,14H,4-10H2,1-3H3. The largest absolute Gasteiger partial charge is 0.343 e. The third-order valence-corrected chi connectivity index (χ3v) is 4.47. The molecule has 0 spiro atoms. The van der Waals surface area contributed by atoms with Gasteiger partial charge in [-0.1, -0.05) is 13.8 Å². The third kappa shape index (κ3) is 3.48. The predicted molar refractivity (Wildman–Crippen MR) is 74.5 cm³/mol. The van der Waals surface area contributed by atoms with Crippen molar-refractivity contribution >= 4 is 11.8 Å². The van der Waals surface area contributed by atoms with Crippen LogP contribution in [0.15, 0.2) is 0 Å². The Balaban J connectivity index is 1.88. The minimum absolute atomic E-state index is 0.131. The Bertz CT molecular complexity index is 338. The number of piperidine rings is 2. The number of nitrogens with zero attached hydrogens (tertiary/aromatic N) is 2. The van der Waals surface area contributed by atoms with Crippen molar-refractivity contribution in [2.45, 2.75) is 40.0 Å². The highest BCUT2D eigenvalue weighted by atomic mass is 16.2. The molecule has 2 aliphatic rings. The van der Waals surface area contributed by atoms with Gasteiger partial charge >= 0.3 is 0 Å². The maximum Gasteiger partial charge on any atom is 0.225 e. The van der Waals surface area contributed by atoms with Crippen molar-refractivity contribution in [3.63, 3.8) is 0 Å². The maximum absolute atomic E-state index is 12.5. The average molecular weight is 266 g/mol. The second-order valence-corrected chi connectivity index (χ2v) is 6.47. The first-order valence-corrected chi connectivity index (χ1v) is 7.51. The molecule has 0 saturated carbocycles. The topological polar surface area (TPSA) is 40.6 Å². The van der Waals surface area contributed by atoms with Gasteiger partial charge in [0.2, 0.25) is 11.8 Å². The molecule has 0 aromatic heterocycles. The minimum atomic E-state index is 0.131. The zero-order valence-corrected chi connectivity index (χ0v) is 12.4. The van der Waals surface area contributed by atoms with Crippen LogP contribution in [0.4, 0.5) is 0 Å². The van der Waals surface area contributed by atoms with Gasteiger partial charge in [0, 0.05) is 39.0 Å². The van der Waals surface area contributed by atoms with E-state index in [1.165, 1.54) is 6.42 Å². The van der Waals surface area contributed by atoms with E-state index in [0.29, 0.717) is 17.7 Å². The lowest BCUT2D eigenvalue weighted by Crippen LogP contribution is -2.48. The zero-order chi connectivity index (χ0) is 14.0. The lowest BCUT2D eigenvalue weighted by molar-refractivity contribution is -0.142. The van der Waals surface area contributed by atoms with Crippen molar-refractivity contribution in [1.29, 1.82) is 0 Å². The van der Waals surface area contributed by atoms with Crippen LogP contribution in [0, 0.1) is 17.8 Å². The fourth-order valence-corrected chi connectivity index (χ4v) is 3.54. The van der Waals surface area contributed by atoms with E-state index in [4.69, 9.17) is 0 Å². The van der Waals surface area contributed by atoms with Gasteiger partial charge in [-0.15, -0.1) is 0 Å². The number of amides is 2. The monoisotopic (exact) mass is 266 g/mol. The Morgan fingerprint density at radius 3 is 1.95 bits per heavy atom. The Labute approximate surface area is 116 Å². The van der Waals surface area contributed by atoms with Gasteiger partial charge in [0.25, 0.3) is 0 Å². The molecule has 19 heavy (non-hydrogen) atoms. The molecule has 4 nitrogen and oxygen atoms in total. The van der Waals surface area contributed by atoms with Crippen molar-refractivity contribution < 1.29 is 9.59 Å². The molecule has 2 saturated heterocycles. The first-order valence-electron chi connectivity index (χ1n) is 7.51. The molecule has 0 aromatic carbocycles. The molecule has 0 radical (unpaired) electrons. The molecule has 0 N–H and O–H groups in total. The molecule has 2 atom stereocenters. The SMILES string of the molecule is CC(=O)N1CCC(C(=O)N2CC(C)CC(C)C2)CC1. The highest BCUT2D eigenvalue weighted by Gasteiger charge is 2.32. The summed E-state index contributed by atoms with van der Waals surface area (Å²) in [4.78, 5) is 27.8. The van der Waals surface area contributed by atoms with Gasteiger partial charge in [-0.2, -0.15) is 0 Å². The molecular weight excluding hydrogens is 240 g/mol. The first-order chi connectivity index (χ1) is 8.97. The zero-order valence-electron chi connectivity index (χ0n) is 12.4. The molecule has 108 valence electrons. The maximum atomic E-state index is 12.5. The van der Waals surface area contributed by atoms with Gasteiger partial charge in [-0.05, 0) is 31.1 Å². The lowest BCUT2D eigenvalue weighted by atomic mass is 9.89. The van der Waals surface area contributed by atoms with E-state index >= 15 is 0 Å². The van der Waals surface area contributed by atoms with Crippen molar-refractivity contribution in [3.05, 3.63) is 0 Å². The summed E-state index contributed by atoms with van der Waals surface area (Å²) in [6.45, 7) is 9.38. The Morgan fingerprint density at radius 2 is 1.47 bits per heavy atom. The van der Waals surface area contributed by atoms with Gasteiger partial charge in [0.15, 0.2) is 0 Å². The van der Waals surface area contributed by atoms with Gasteiger partial charge in [-0.3, -0.25) is 9.59 Å². The third-order valence-electron chi connectivity index (χ3n) is 4.47. The van der Waals surface area contributed by atoms with E-state index in [0.717, 1.165) is 39.0 Å². The van der Waals surface area contributed by atoms with Crippen LogP contribution in [0.3, 0.4) is 0 Å². The Kier molecular flexibility index (Phi) is 4.48. The molecule has 2 amide bonds. The van der Waals surface area contributed by atoms with Crippen LogP contribution in [0.2, 0.25) is 0 Å². The molecule has 2 heterocycles. The summed E-state index contributed by atoms with van der Waals surface area (Å²) in [7, 11) is 0. The summed E-state index contributed by atoms with van der Waals surface area (Å²) in [5.41, 5.74) is 0. The fraction of sp³-hybridized carbons (Fsp3) is 0.867. The van der Waals surface area contributed by atoms with Gasteiger partial charge in [0.1, 0.15) is 0 Å². The average Bonchev–Trinajstić information content (AvgIpc) is 2.37. The number of rotatable bonds is 1. The summed E-state index contributed by atoms with van der Waals surface area (Å²) < 4.78 is 0. The predicted octanol–water partition coefficient (Wildman–Crippen LogP) is 1.75. The van der Waals surface area contributed by atoms with Crippen LogP contribution in [0.1, 0.15) is 40.0 Å². The smallest absolute Gasteiger partial charge is 0.225 e. The number of hydrogen-bond donors (Lipinski definition) is 0. The first kappa shape index (κ1) is 14.4. The number of carbonyl (C=O) groups excluding carboxylic acids is 2. The summed E-state index contributed by atoms with van der Waals surface area (Å²) in [6, 6.07) is 0. The van der Waals surface area contributed by atoms with Gasteiger partial charge in [-0.25, -0.2) is 0 Å². The van der Waals surface area contributed by atoms with E-state index in [1.807, 2.05) is 4.90 Å². The molecule has 0 bridgehead atoms. The summed E-state index contributed by atoms with van der Waals surface area (Å²) in [5.74, 6) is 1.82. The normalized spacial score (nSPS) is 29.4.